The second-order valence-electron chi connectivity index (χ2n) is 3.67. The van der Waals surface area contributed by atoms with Crippen LogP contribution in [0.1, 0.15) is 29.8 Å². The van der Waals surface area contributed by atoms with Crippen LogP contribution in [-0.2, 0) is 0 Å². The van der Waals surface area contributed by atoms with Gasteiger partial charge in [0.2, 0.25) is 0 Å². The van der Waals surface area contributed by atoms with E-state index < -0.39 is 5.97 Å². The van der Waals surface area contributed by atoms with E-state index >= 15 is 0 Å². The Morgan fingerprint density at radius 1 is 1.47 bits per heavy atom. The fourth-order valence-corrected chi connectivity index (χ4v) is 1.27. The van der Waals surface area contributed by atoms with E-state index in [1.54, 1.807) is 19.3 Å². The van der Waals surface area contributed by atoms with Gasteiger partial charge in [-0.3, -0.25) is 16.1 Å². The van der Waals surface area contributed by atoms with E-state index in [0.29, 0.717) is 0 Å². The van der Waals surface area contributed by atoms with Gasteiger partial charge >= 0.3 is 5.97 Å². The van der Waals surface area contributed by atoms with Gasteiger partial charge in [0.1, 0.15) is 17.1 Å². The number of amidine groups is 1. The average molecular weight is 238 g/mol. The minimum atomic E-state index is -1.15. The normalized spacial score (nSPS) is 10.1. The van der Waals surface area contributed by atoms with Gasteiger partial charge in [0.25, 0.3) is 0 Å². The van der Waals surface area contributed by atoms with Gasteiger partial charge in [-0.05, 0) is 32.0 Å². The first-order valence-corrected chi connectivity index (χ1v) is 4.98. The fourth-order valence-electron chi connectivity index (χ4n) is 1.27. The zero-order chi connectivity index (χ0) is 13.0. The standard InChI is InChI=1S/C11H14N2O4/c1-6(2)17-9-4-3-7(10(12)13-16)5-8(9)11(14)15/h3-6,16H,1-2H3,(H2,12,13)(H,14,15). The van der Waals surface area contributed by atoms with Gasteiger partial charge in [-0.2, -0.15) is 0 Å². The van der Waals surface area contributed by atoms with E-state index in [0.717, 1.165) is 0 Å². The van der Waals surface area contributed by atoms with Gasteiger partial charge in [0, 0.05) is 5.56 Å². The van der Waals surface area contributed by atoms with E-state index in [4.69, 9.17) is 20.5 Å². The molecule has 0 unspecified atom stereocenters. The van der Waals surface area contributed by atoms with E-state index in [1.807, 2.05) is 0 Å². The molecule has 1 rings (SSSR count). The van der Waals surface area contributed by atoms with E-state index in [-0.39, 0.29) is 28.8 Å². The number of benzene rings is 1. The summed E-state index contributed by atoms with van der Waals surface area (Å²) < 4.78 is 5.34. The minimum Gasteiger partial charge on any atom is -0.490 e. The Bertz CT molecular complexity index is 443. The summed E-state index contributed by atoms with van der Waals surface area (Å²) in [6, 6.07) is 4.23. The van der Waals surface area contributed by atoms with Crippen LogP contribution >= 0.6 is 0 Å². The number of carboxylic acid groups (broad SMARTS) is 1. The minimum absolute atomic E-state index is 0.0452. The number of aromatic carboxylic acids is 1. The third-order valence-corrected chi connectivity index (χ3v) is 1.97. The van der Waals surface area contributed by atoms with Crippen molar-refractivity contribution in [1.82, 2.24) is 5.48 Å². The molecule has 1 aromatic carbocycles. The molecule has 6 nitrogen and oxygen atoms in total. The first kappa shape index (κ1) is 13.0. The van der Waals surface area contributed by atoms with Crippen molar-refractivity contribution in [3.05, 3.63) is 29.3 Å². The summed E-state index contributed by atoms with van der Waals surface area (Å²) in [4.78, 5) is 11.0. The maximum atomic E-state index is 11.0. The Balaban J connectivity index is 3.17. The zero-order valence-electron chi connectivity index (χ0n) is 9.52. The van der Waals surface area contributed by atoms with Crippen LogP contribution in [0, 0.1) is 5.41 Å². The van der Waals surface area contributed by atoms with Gasteiger partial charge in [0.15, 0.2) is 0 Å². The molecule has 0 spiro atoms. The van der Waals surface area contributed by atoms with Crippen molar-refractivity contribution in [3.8, 4) is 5.75 Å². The number of ether oxygens (including phenoxy) is 1. The molecule has 4 N–H and O–H groups in total. The van der Waals surface area contributed by atoms with E-state index in [2.05, 4.69) is 0 Å². The van der Waals surface area contributed by atoms with Gasteiger partial charge in [-0.1, -0.05) is 0 Å². The number of carboxylic acids is 1. The lowest BCUT2D eigenvalue weighted by atomic mass is 10.1. The summed E-state index contributed by atoms with van der Waals surface area (Å²) in [5, 5.41) is 24.9. The molecule has 0 aliphatic rings. The van der Waals surface area contributed by atoms with Gasteiger partial charge in [-0.25, -0.2) is 4.79 Å². The molecule has 6 heteroatoms. The summed E-state index contributed by atoms with van der Waals surface area (Å²) in [5.74, 6) is -1.18. The highest BCUT2D eigenvalue weighted by atomic mass is 16.5. The van der Waals surface area contributed by atoms with Gasteiger partial charge < -0.3 is 9.84 Å². The van der Waals surface area contributed by atoms with Crippen molar-refractivity contribution in [1.29, 1.82) is 5.41 Å². The average Bonchev–Trinajstić information content (AvgIpc) is 2.27. The molecule has 1 aromatic rings. The molecule has 0 aliphatic heterocycles. The van der Waals surface area contributed by atoms with Crippen LogP contribution in [0.5, 0.6) is 5.75 Å². The fraction of sp³-hybridized carbons (Fsp3) is 0.273. The lowest BCUT2D eigenvalue weighted by Gasteiger charge is -2.13. The second-order valence-corrected chi connectivity index (χ2v) is 3.67. The largest absolute Gasteiger partial charge is 0.490 e. The van der Waals surface area contributed by atoms with Crippen LogP contribution < -0.4 is 10.2 Å². The number of carbonyl (C=O) groups is 1. The molecule has 0 aromatic heterocycles. The molecule has 17 heavy (non-hydrogen) atoms. The maximum Gasteiger partial charge on any atom is 0.339 e. The summed E-state index contributed by atoms with van der Waals surface area (Å²) in [5.41, 5.74) is 1.88. The summed E-state index contributed by atoms with van der Waals surface area (Å²) >= 11 is 0. The Morgan fingerprint density at radius 3 is 2.59 bits per heavy atom. The van der Waals surface area contributed by atoms with Crippen LogP contribution in [0.15, 0.2) is 18.2 Å². The number of hydroxylamine groups is 1. The Kier molecular flexibility index (Phi) is 4.06. The molecule has 0 fully saturated rings. The molecule has 92 valence electrons. The van der Waals surface area contributed by atoms with Crippen molar-refractivity contribution in [2.45, 2.75) is 20.0 Å². The van der Waals surface area contributed by atoms with Crippen molar-refractivity contribution in [3.63, 3.8) is 0 Å². The third-order valence-electron chi connectivity index (χ3n) is 1.97. The molecule has 0 saturated carbocycles. The van der Waals surface area contributed by atoms with Crippen LogP contribution in [0.2, 0.25) is 0 Å². The smallest absolute Gasteiger partial charge is 0.339 e. The molecular formula is C11H14N2O4. The van der Waals surface area contributed by atoms with Crippen molar-refractivity contribution >= 4 is 11.8 Å². The van der Waals surface area contributed by atoms with Crippen LogP contribution in [-0.4, -0.2) is 28.2 Å². The monoisotopic (exact) mass is 238 g/mol. The maximum absolute atomic E-state index is 11.0. The molecule has 0 bridgehead atoms. The molecule has 0 aliphatic carbocycles. The summed E-state index contributed by atoms with van der Waals surface area (Å²) in [7, 11) is 0. The van der Waals surface area contributed by atoms with Crippen LogP contribution in [0.4, 0.5) is 0 Å². The third kappa shape index (κ3) is 3.18. The predicted molar refractivity (Wildman–Crippen MR) is 60.9 cm³/mol. The zero-order valence-corrected chi connectivity index (χ0v) is 9.52. The van der Waals surface area contributed by atoms with Gasteiger partial charge in [-0.15, -0.1) is 0 Å². The first-order valence-electron chi connectivity index (χ1n) is 4.98. The number of hydrogen-bond acceptors (Lipinski definition) is 4. The van der Waals surface area contributed by atoms with Crippen LogP contribution in [0.25, 0.3) is 0 Å². The Labute approximate surface area is 98.3 Å². The Hall–Kier alpha value is -2.08. The van der Waals surface area contributed by atoms with Crippen molar-refractivity contribution in [2.75, 3.05) is 0 Å². The topological polar surface area (TPSA) is 103 Å². The molecule has 0 saturated heterocycles. The van der Waals surface area contributed by atoms with Crippen molar-refractivity contribution < 1.29 is 19.8 Å². The quantitative estimate of drug-likeness (QED) is 0.361. The van der Waals surface area contributed by atoms with E-state index in [1.165, 1.54) is 18.2 Å². The lowest BCUT2D eigenvalue weighted by Crippen LogP contribution is -2.19. The highest BCUT2D eigenvalue weighted by Crippen LogP contribution is 2.21. The van der Waals surface area contributed by atoms with Crippen molar-refractivity contribution in [2.24, 2.45) is 0 Å². The summed E-state index contributed by atoms with van der Waals surface area (Å²) in [6.45, 7) is 3.58. The number of nitrogens with one attached hydrogen (secondary N) is 2. The predicted octanol–water partition coefficient (Wildman–Crippen LogP) is 1.48. The Morgan fingerprint density at radius 2 is 2.12 bits per heavy atom. The van der Waals surface area contributed by atoms with Gasteiger partial charge in [0.05, 0.1) is 6.10 Å². The molecule has 0 atom stereocenters. The molecule has 0 radical (unpaired) electrons. The number of rotatable bonds is 4. The molecule has 0 amide bonds. The SMILES string of the molecule is CC(C)Oc1ccc(C(=N)NO)cc1C(=O)O. The number of hydrogen-bond donors (Lipinski definition) is 4. The highest BCUT2D eigenvalue weighted by Gasteiger charge is 2.14. The molecular weight excluding hydrogens is 224 g/mol. The lowest BCUT2D eigenvalue weighted by molar-refractivity contribution is 0.0690. The first-order chi connectivity index (χ1) is 7.95. The van der Waals surface area contributed by atoms with Crippen LogP contribution in [0.3, 0.4) is 0 Å². The highest BCUT2D eigenvalue weighted by molar-refractivity contribution is 5.99. The second kappa shape index (κ2) is 5.31. The van der Waals surface area contributed by atoms with E-state index in [9.17, 15) is 4.79 Å². The summed E-state index contributed by atoms with van der Waals surface area (Å²) in [6.07, 6.45) is -0.144. The molecule has 0 heterocycles.